The van der Waals surface area contributed by atoms with Crippen molar-refractivity contribution in [3.63, 3.8) is 0 Å². The molecule has 2 aromatic carbocycles. The third kappa shape index (κ3) is 2.14. The van der Waals surface area contributed by atoms with Gasteiger partial charge in [0.05, 0.1) is 0 Å². The van der Waals surface area contributed by atoms with Crippen LogP contribution in [-0.4, -0.2) is 5.91 Å². The molecular formula is C13H13NO2. The van der Waals surface area contributed by atoms with Crippen LogP contribution in [0.4, 0.5) is 0 Å². The molecule has 1 N–H and O–H groups in total. The van der Waals surface area contributed by atoms with Crippen molar-refractivity contribution in [1.29, 1.82) is 0 Å². The van der Waals surface area contributed by atoms with Gasteiger partial charge in [-0.05, 0) is 11.5 Å². The van der Waals surface area contributed by atoms with E-state index in [1.54, 1.807) is 6.92 Å². The number of nitrogens with one attached hydrogen (secondary N) is 1. The molecule has 0 unspecified atom stereocenters. The van der Waals surface area contributed by atoms with E-state index in [1.165, 1.54) is 0 Å². The fourth-order valence-electron chi connectivity index (χ4n) is 1.47. The number of carbonyl (C=O) groups excluding carboxylic acids is 1. The van der Waals surface area contributed by atoms with Gasteiger partial charge < -0.3 is 4.84 Å². The zero-order valence-corrected chi connectivity index (χ0v) is 9.07. The molecule has 0 radical (unpaired) electrons. The fraction of sp³-hybridized carbons (Fsp3) is 0.154. The van der Waals surface area contributed by atoms with Crippen LogP contribution in [0.2, 0.25) is 0 Å². The van der Waals surface area contributed by atoms with Gasteiger partial charge in [0.25, 0.3) is 5.91 Å². The molecule has 0 bridgehead atoms. The van der Waals surface area contributed by atoms with Crippen molar-refractivity contribution in [3.05, 3.63) is 42.5 Å². The highest BCUT2D eigenvalue weighted by molar-refractivity contribution is 5.88. The number of hydrogen-bond acceptors (Lipinski definition) is 2. The molecule has 0 saturated heterocycles. The molecule has 0 spiro atoms. The maximum absolute atomic E-state index is 11.1. The Morgan fingerprint density at radius 3 is 2.75 bits per heavy atom. The standard InChI is InChI=1S/C13H13NO2/c1-2-13(15)14-16-12-9-5-7-10-6-3-4-8-11(10)12/h3-9H,2H2,1H3,(H,14,15). The van der Waals surface area contributed by atoms with Crippen LogP contribution in [0.1, 0.15) is 13.3 Å². The Balaban J connectivity index is 2.27. The van der Waals surface area contributed by atoms with E-state index in [0.29, 0.717) is 12.2 Å². The third-order valence-corrected chi connectivity index (χ3v) is 2.35. The van der Waals surface area contributed by atoms with E-state index in [0.717, 1.165) is 10.8 Å². The second kappa shape index (κ2) is 4.66. The van der Waals surface area contributed by atoms with Gasteiger partial charge in [-0.1, -0.05) is 43.3 Å². The van der Waals surface area contributed by atoms with Gasteiger partial charge in [-0.2, -0.15) is 5.48 Å². The predicted octanol–water partition coefficient (Wildman–Crippen LogP) is 2.66. The van der Waals surface area contributed by atoms with Gasteiger partial charge in [0.15, 0.2) is 5.75 Å². The topological polar surface area (TPSA) is 38.3 Å². The molecular weight excluding hydrogens is 202 g/mol. The smallest absolute Gasteiger partial charge is 0.252 e. The Hall–Kier alpha value is -2.03. The summed E-state index contributed by atoms with van der Waals surface area (Å²) in [6.07, 6.45) is 0.408. The van der Waals surface area contributed by atoms with Crippen molar-refractivity contribution in [1.82, 2.24) is 5.48 Å². The average molecular weight is 215 g/mol. The van der Waals surface area contributed by atoms with Gasteiger partial charge in [0.1, 0.15) is 0 Å². The number of carbonyl (C=O) groups is 1. The largest absolute Gasteiger partial charge is 0.379 e. The minimum atomic E-state index is -0.132. The molecule has 0 aliphatic heterocycles. The molecule has 2 rings (SSSR count). The van der Waals surface area contributed by atoms with Crippen LogP contribution < -0.4 is 10.3 Å². The number of amides is 1. The first-order valence-corrected chi connectivity index (χ1v) is 5.24. The second-order valence-electron chi connectivity index (χ2n) is 3.46. The summed E-state index contributed by atoms with van der Waals surface area (Å²) < 4.78 is 0. The lowest BCUT2D eigenvalue weighted by Gasteiger charge is -2.08. The molecule has 0 heterocycles. The quantitative estimate of drug-likeness (QED) is 0.799. The first-order valence-electron chi connectivity index (χ1n) is 5.24. The van der Waals surface area contributed by atoms with E-state index in [9.17, 15) is 4.79 Å². The normalized spacial score (nSPS) is 10.1. The molecule has 2 aromatic rings. The van der Waals surface area contributed by atoms with Crippen LogP contribution in [0.15, 0.2) is 42.5 Å². The summed E-state index contributed by atoms with van der Waals surface area (Å²) in [4.78, 5) is 16.4. The van der Waals surface area contributed by atoms with Crippen molar-refractivity contribution in [2.75, 3.05) is 0 Å². The zero-order valence-electron chi connectivity index (χ0n) is 9.07. The summed E-state index contributed by atoms with van der Waals surface area (Å²) in [5.74, 6) is 0.535. The molecule has 16 heavy (non-hydrogen) atoms. The Bertz CT molecular complexity index is 503. The molecule has 0 atom stereocenters. The maximum atomic E-state index is 11.1. The Labute approximate surface area is 94.0 Å². The second-order valence-corrected chi connectivity index (χ2v) is 3.46. The lowest BCUT2D eigenvalue weighted by atomic mass is 10.1. The lowest BCUT2D eigenvalue weighted by molar-refractivity contribution is -0.127. The van der Waals surface area contributed by atoms with Crippen LogP contribution in [-0.2, 0) is 4.79 Å². The minimum absolute atomic E-state index is 0.132. The van der Waals surface area contributed by atoms with Crippen LogP contribution in [0.5, 0.6) is 5.75 Å². The number of benzene rings is 2. The first-order chi connectivity index (χ1) is 7.81. The Kier molecular flexibility index (Phi) is 3.05. The number of rotatable bonds is 3. The van der Waals surface area contributed by atoms with Gasteiger partial charge >= 0.3 is 0 Å². The van der Waals surface area contributed by atoms with Gasteiger partial charge in [-0.25, -0.2) is 0 Å². The maximum Gasteiger partial charge on any atom is 0.252 e. The van der Waals surface area contributed by atoms with Gasteiger partial charge in [0.2, 0.25) is 0 Å². The van der Waals surface area contributed by atoms with Crippen LogP contribution >= 0.6 is 0 Å². The highest BCUT2D eigenvalue weighted by Gasteiger charge is 2.02. The number of hydroxylamine groups is 1. The van der Waals surface area contributed by atoms with Crippen LogP contribution in [0.3, 0.4) is 0 Å². The summed E-state index contributed by atoms with van der Waals surface area (Å²) in [6, 6.07) is 13.6. The number of fused-ring (bicyclic) bond motifs is 1. The summed E-state index contributed by atoms with van der Waals surface area (Å²) >= 11 is 0. The first kappa shape index (κ1) is 10.5. The molecule has 3 heteroatoms. The molecule has 3 nitrogen and oxygen atoms in total. The van der Waals surface area contributed by atoms with E-state index in [2.05, 4.69) is 5.48 Å². The average Bonchev–Trinajstić information content (AvgIpc) is 2.35. The van der Waals surface area contributed by atoms with Crippen LogP contribution in [0.25, 0.3) is 10.8 Å². The van der Waals surface area contributed by atoms with Gasteiger partial charge in [-0.15, -0.1) is 0 Å². The number of hydrogen-bond donors (Lipinski definition) is 1. The molecule has 0 aliphatic rings. The SMILES string of the molecule is CCC(=O)NOc1cccc2ccccc12. The minimum Gasteiger partial charge on any atom is -0.379 e. The van der Waals surface area contributed by atoms with E-state index >= 15 is 0 Å². The molecule has 0 saturated carbocycles. The highest BCUT2D eigenvalue weighted by Crippen LogP contribution is 2.24. The van der Waals surface area contributed by atoms with E-state index < -0.39 is 0 Å². The van der Waals surface area contributed by atoms with Gasteiger partial charge in [-0.3, -0.25) is 4.79 Å². The van der Waals surface area contributed by atoms with Gasteiger partial charge in [0, 0.05) is 11.8 Å². The third-order valence-electron chi connectivity index (χ3n) is 2.35. The molecule has 0 aromatic heterocycles. The van der Waals surface area contributed by atoms with E-state index in [1.807, 2.05) is 42.5 Å². The molecule has 1 amide bonds. The molecule has 82 valence electrons. The summed E-state index contributed by atoms with van der Waals surface area (Å²) in [6.45, 7) is 1.78. The van der Waals surface area contributed by atoms with E-state index in [-0.39, 0.29) is 5.91 Å². The fourth-order valence-corrected chi connectivity index (χ4v) is 1.47. The van der Waals surface area contributed by atoms with Crippen LogP contribution in [0, 0.1) is 0 Å². The van der Waals surface area contributed by atoms with E-state index in [4.69, 9.17) is 4.84 Å². The zero-order chi connectivity index (χ0) is 11.4. The summed E-state index contributed by atoms with van der Waals surface area (Å²) in [5.41, 5.74) is 2.40. The summed E-state index contributed by atoms with van der Waals surface area (Å²) in [5, 5.41) is 2.08. The van der Waals surface area contributed by atoms with Crippen molar-refractivity contribution in [3.8, 4) is 5.75 Å². The molecule has 0 aliphatic carbocycles. The highest BCUT2D eigenvalue weighted by atomic mass is 16.7. The van der Waals surface area contributed by atoms with Crippen molar-refractivity contribution >= 4 is 16.7 Å². The van der Waals surface area contributed by atoms with Crippen molar-refractivity contribution in [2.45, 2.75) is 13.3 Å². The Morgan fingerprint density at radius 2 is 1.94 bits per heavy atom. The van der Waals surface area contributed by atoms with Crippen molar-refractivity contribution < 1.29 is 9.63 Å². The monoisotopic (exact) mass is 215 g/mol. The molecule has 0 fully saturated rings. The predicted molar refractivity (Wildman–Crippen MR) is 63.0 cm³/mol. The lowest BCUT2D eigenvalue weighted by Crippen LogP contribution is -2.25. The van der Waals surface area contributed by atoms with Crippen molar-refractivity contribution in [2.24, 2.45) is 0 Å². The summed E-state index contributed by atoms with van der Waals surface area (Å²) in [7, 11) is 0. The Morgan fingerprint density at radius 1 is 1.19 bits per heavy atom.